The van der Waals surface area contributed by atoms with Gasteiger partial charge in [-0.2, -0.15) is 4.68 Å². The van der Waals surface area contributed by atoms with Crippen LogP contribution in [0, 0.1) is 5.82 Å². The Balaban J connectivity index is 0.00000243. The molecule has 0 saturated heterocycles. The van der Waals surface area contributed by atoms with E-state index in [1.54, 1.807) is 28.6 Å². The average Bonchev–Trinajstić information content (AvgIpc) is 3.09. The third-order valence-corrected chi connectivity index (χ3v) is 4.89. The first-order valence-electron chi connectivity index (χ1n) is 7.86. The minimum atomic E-state index is -0.281. The first-order valence-corrected chi connectivity index (χ1v) is 9.22. The van der Waals surface area contributed by atoms with Gasteiger partial charge in [-0.05, 0) is 47.7 Å². The minimum Gasteiger partial charge on any atom is -0.312 e. The van der Waals surface area contributed by atoms with Crippen LogP contribution in [0.4, 0.5) is 4.39 Å². The van der Waals surface area contributed by atoms with Crippen molar-refractivity contribution < 1.29 is 4.39 Å². The molecule has 0 spiro atoms. The smallest absolute Gasteiger partial charge is 0.214 e. The maximum Gasteiger partial charge on any atom is 0.214 e. The van der Waals surface area contributed by atoms with Crippen LogP contribution in [0.5, 0.6) is 0 Å². The standard InChI is InChI=1S/C17H17ClFN5S.ClH/c18-15-8-4-9-16(19)14(15)12-20-10-5-11-25-17-21-22-23-24(17)13-6-2-1-3-7-13;/h1-4,6-9,20H,5,10-12H2;1H. The van der Waals surface area contributed by atoms with Crippen molar-refractivity contribution in [1.29, 1.82) is 0 Å². The highest BCUT2D eigenvalue weighted by Gasteiger charge is 2.09. The molecule has 138 valence electrons. The summed E-state index contributed by atoms with van der Waals surface area (Å²) in [5.74, 6) is 0.571. The van der Waals surface area contributed by atoms with Gasteiger partial charge in [0.25, 0.3) is 0 Å². The number of thioether (sulfide) groups is 1. The first-order chi connectivity index (χ1) is 12.3. The van der Waals surface area contributed by atoms with E-state index in [0.717, 1.165) is 29.6 Å². The molecule has 1 heterocycles. The van der Waals surface area contributed by atoms with Crippen molar-refractivity contribution in [3.63, 3.8) is 0 Å². The van der Waals surface area contributed by atoms with Gasteiger partial charge in [-0.25, -0.2) is 4.39 Å². The highest BCUT2D eigenvalue weighted by molar-refractivity contribution is 7.99. The van der Waals surface area contributed by atoms with E-state index in [9.17, 15) is 4.39 Å². The predicted octanol–water partition coefficient (Wildman–Crippen LogP) is 4.15. The number of nitrogens with one attached hydrogen (secondary N) is 1. The van der Waals surface area contributed by atoms with E-state index >= 15 is 0 Å². The number of aromatic nitrogens is 4. The Morgan fingerprint density at radius 3 is 2.69 bits per heavy atom. The molecule has 0 fully saturated rings. The van der Waals surface area contributed by atoms with E-state index in [4.69, 9.17) is 11.6 Å². The summed E-state index contributed by atoms with van der Waals surface area (Å²) in [5, 5.41) is 16.2. The predicted molar refractivity (Wildman–Crippen MR) is 105 cm³/mol. The molecule has 0 aliphatic rings. The molecule has 5 nitrogen and oxygen atoms in total. The quantitative estimate of drug-likeness (QED) is 0.443. The van der Waals surface area contributed by atoms with Gasteiger partial charge in [-0.3, -0.25) is 0 Å². The Morgan fingerprint density at radius 1 is 1.12 bits per heavy atom. The summed E-state index contributed by atoms with van der Waals surface area (Å²) in [6, 6.07) is 14.5. The van der Waals surface area contributed by atoms with Crippen LogP contribution >= 0.6 is 35.8 Å². The SMILES string of the molecule is Cl.Fc1cccc(Cl)c1CNCCCSc1nnnn1-c1ccccc1. The molecule has 1 aromatic heterocycles. The molecule has 3 aromatic rings. The zero-order chi connectivity index (χ0) is 17.5. The molecule has 2 aromatic carbocycles. The molecule has 0 atom stereocenters. The maximum absolute atomic E-state index is 13.7. The van der Waals surface area contributed by atoms with Crippen LogP contribution in [0.2, 0.25) is 5.02 Å². The van der Waals surface area contributed by atoms with Gasteiger partial charge < -0.3 is 5.32 Å². The Hall–Kier alpha value is -1.67. The number of halogens is 3. The highest BCUT2D eigenvalue weighted by Crippen LogP contribution is 2.19. The van der Waals surface area contributed by atoms with Crippen LogP contribution < -0.4 is 5.32 Å². The van der Waals surface area contributed by atoms with E-state index in [0.29, 0.717) is 17.1 Å². The van der Waals surface area contributed by atoms with E-state index in [1.807, 2.05) is 30.3 Å². The van der Waals surface area contributed by atoms with Gasteiger partial charge >= 0.3 is 0 Å². The van der Waals surface area contributed by atoms with Gasteiger partial charge in [-0.15, -0.1) is 17.5 Å². The van der Waals surface area contributed by atoms with Crippen molar-refractivity contribution >= 4 is 35.8 Å². The van der Waals surface area contributed by atoms with Crippen LogP contribution in [0.15, 0.2) is 53.7 Å². The molecule has 0 radical (unpaired) electrons. The van der Waals surface area contributed by atoms with Crippen molar-refractivity contribution in [1.82, 2.24) is 25.5 Å². The summed E-state index contributed by atoms with van der Waals surface area (Å²) >= 11 is 7.59. The Labute approximate surface area is 166 Å². The monoisotopic (exact) mass is 413 g/mol. The van der Waals surface area contributed by atoms with E-state index in [1.165, 1.54) is 6.07 Å². The second-order valence-corrected chi connectivity index (χ2v) is 6.76. The molecule has 1 N–H and O–H groups in total. The molecule has 0 aliphatic carbocycles. The van der Waals surface area contributed by atoms with Crippen LogP contribution in [-0.4, -0.2) is 32.5 Å². The summed E-state index contributed by atoms with van der Waals surface area (Å²) in [7, 11) is 0. The largest absolute Gasteiger partial charge is 0.312 e. The number of hydrogen-bond acceptors (Lipinski definition) is 5. The topological polar surface area (TPSA) is 55.6 Å². The normalized spacial score (nSPS) is 10.5. The Morgan fingerprint density at radius 2 is 1.92 bits per heavy atom. The number of rotatable bonds is 8. The van der Waals surface area contributed by atoms with Gasteiger partial charge in [0.2, 0.25) is 5.16 Å². The molecule has 0 amide bonds. The Bertz CT molecular complexity index is 796. The van der Waals surface area contributed by atoms with Gasteiger partial charge in [0, 0.05) is 22.9 Å². The van der Waals surface area contributed by atoms with Crippen molar-refractivity contribution in [2.45, 2.75) is 18.1 Å². The van der Waals surface area contributed by atoms with E-state index in [2.05, 4.69) is 20.8 Å². The summed E-state index contributed by atoms with van der Waals surface area (Å²) in [6.45, 7) is 1.17. The van der Waals surface area contributed by atoms with Gasteiger partial charge in [-0.1, -0.05) is 47.6 Å². The lowest BCUT2D eigenvalue weighted by atomic mass is 10.2. The molecular weight excluding hydrogens is 396 g/mol. The van der Waals surface area contributed by atoms with Gasteiger partial charge in [0.15, 0.2) is 0 Å². The van der Waals surface area contributed by atoms with Crippen molar-refractivity contribution in [2.75, 3.05) is 12.3 Å². The fraction of sp³-hybridized carbons (Fsp3) is 0.235. The zero-order valence-electron chi connectivity index (χ0n) is 13.8. The summed E-state index contributed by atoms with van der Waals surface area (Å²) in [5.41, 5.74) is 1.44. The molecule has 26 heavy (non-hydrogen) atoms. The molecule has 9 heteroatoms. The number of nitrogens with zero attached hydrogens (tertiary/aromatic N) is 4. The fourth-order valence-corrected chi connectivity index (χ4v) is 3.33. The average molecular weight is 414 g/mol. The van der Waals surface area contributed by atoms with Crippen LogP contribution in [0.1, 0.15) is 12.0 Å². The Kier molecular flexibility index (Phi) is 8.31. The highest BCUT2D eigenvalue weighted by atomic mass is 35.5. The van der Waals surface area contributed by atoms with Crippen LogP contribution in [0.3, 0.4) is 0 Å². The van der Waals surface area contributed by atoms with E-state index < -0.39 is 0 Å². The molecular formula is C17H18Cl2FN5S. The summed E-state index contributed by atoms with van der Waals surface area (Å²) in [6.07, 6.45) is 0.901. The number of benzene rings is 2. The van der Waals surface area contributed by atoms with Gasteiger partial charge in [0.1, 0.15) is 5.82 Å². The minimum absolute atomic E-state index is 0. The molecule has 0 aliphatic heterocycles. The molecule has 0 bridgehead atoms. The third kappa shape index (κ3) is 5.41. The zero-order valence-corrected chi connectivity index (χ0v) is 16.2. The van der Waals surface area contributed by atoms with Crippen molar-refractivity contribution in [3.8, 4) is 5.69 Å². The molecule has 0 unspecified atom stereocenters. The van der Waals surface area contributed by atoms with Gasteiger partial charge in [0.05, 0.1) is 5.69 Å². The number of tetrazole rings is 1. The van der Waals surface area contributed by atoms with Crippen molar-refractivity contribution in [3.05, 3.63) is 64.9 Å². The lowest BCUT2D eigenvalue weighted by molar-refractivity contribution is 0.587. The first kappa shape index (κ1) is 20.6. The fourth-order valence-electron chi connectivity index (χ4n) is 2.28. The van der Waals surface area contributed by atoms with E-state index in [-0.39, 0.29) is 18.2 Å². The van der Waals surface area contributed by atoms with Crippen molar-refractivity contribution in [2.24, 2.45) is 0 Å². The lowest BCUT2D eigenvalue weighted by Gasteiger charge is -2.08. The van der Waals surface area contributed by atoms with Crippen LogP contribution in [-0.2, 0) is 6.54 Å². The van der Waals surface area contributed by atoms with Crippen LogP contribution in [0.25, 0.3) is 5.69 Å². The second kappa shape index (κ2) is 10.5. The maximum atomic E-state index is 13.7. The second-order valence-electron chi connectivity index (χ2n) is 5.29. The summed E-state index contributed by atoms with van der Waals surface area (Å²) < 4.78 is 15.4. The number of hydrogen-bond donors (Lipinski definition) is 1. The summed E-state index contributed by atoms with van der Waals surface area (Å²) in [4.78, 5) is 0. The molecule has 3 rings (SSSR count). The lowest BCUT2D eigenvalue weighted by Crippen LogP contribution is -2.16. The molecule has 0 saturated carbocycles. The number of para-hydroxylation sites is 1. The third-order valence-electron chi connectivity index (χ3n) is 3.53.